The van der Waals surface area contributed by atoms with E-state index in [9.17, 15) is 4.79 Å². The lowest BCUT2D eigenvalue weighted by atomic mass is 10.1. The maximum atomic E-state index is 11.7. The summed E-state index contributed by atoms with van der Waals surface area (Å²) in [6, 6.07) is 5.51. The van der Waals surface area contributed by atoms with Gasteiger partial charge in [-0.15, -0.1) is 12.4 Å². The SMILES string of the molecule is Cc1ccc(-c2ncco2)cc1NC(=O)CC(C)N.Cl. The molecule has 20 heavy (non-hydrogen) atoms. The standard InChI is InChI=1S/C14H17N3O2.ClH/c1-9-3-4-11(14-16-5-6-19-14)8-12(9)17-13(18)7-10(2)15;/h3-6,8,10H,7,15H2,1-2H3,(H,17,18);1H. The van der Waals surface area contributed by atoms with Crippen molar-refractivity contribution in [1.29, 1.82) is 0 Å². The van der Waals surface area contributed by atoms with Gasteiger partial charge in [-0.2, -0.15) is 0 Å². The number of nitrogens with zero attached hydrogens (tertiary/aromatic N) is 1. The third-order valence-corrected chi connectivity index (χ3v) is 2.70. The van der Waals surface area contributed by atoms with E-state index in [2.05, 4.69) is 10.3 Å². The van der Waals surface area contributed by atoms with Gasteiger partial charge in [0.25, 0.3) is 0 Å². The van der Waals surface area contributed by atoms with Crippen molar-refractivity contribution < 1.29 is 9.21 Å². The normalized spacial score (nSPS) is 11.6. The molecule has 1 amide bonds. The zero-order valence-corrected chi connectivity index (χ0v) is 12.2. The Morgan fingerprint density at radius 3 is 2.85 bits per heavy atom. The maximum Gasteiger partial charge on any atom is 0.225 e. The third kappa shape index (κ3) is 4.08. The van der Waals surface area contributed by atoms with Gasteiger partial charge in [-0.25, -0.2) is 4.98 Å². The first-order valence-corrected chi connectivity index (χ1v) is 6.12. The van der Waals surface area contributed by atoms with Gasteiger partial charge in [0.05, 0.1) is 6.20 Å². The smallest absolute Gasteiger partial charge is 0.225 e. The van der Waals surface area contributed by atoms with E-state index in [4.69, 9.17) is 10.2 Å². The Kier molecular flexibility index (Phi) is 5.73. The largest absolute Gasteiger partial charge is 0.445 e. The number of aryl methyl sites for hydroxylation is 1. The van der Waals surface area contributed by atoms with Gasteiger partial charge in [0.15, 0.2) is 0 Å². The second-order valence-corrected chi connectivity index (χ2v) is 4.60. The minimum atomic E-state index is -0.157. The maximum absolute atomic E-state index is 11.7. The van der Waals surface area contributed by atoms with Crippen LogP contribution in [0.15, 0.2) is 35.1 Å². The third-order valence-electron chi connectivity index (χ3n) is 2.70. The number of rotatable bonds is 4. The van der Waals surface area contributed by atoms with Gasteiger partial charge in [-0.1, -0.05) is 6.07 Å². The Morgan fingerprint density at radius 2 is 2.25 bits per heavy atom. The Morgan fingerprint density at radius 1 is 1.50 bits per heavy atom. The molecule has 0 fully saturated rings. The molecule has 6 heteroatoms. The summed E-state index contributed by atoms with van der Waals surface area (Å²) >= 11 is 0. The summed E-state index contributed by atoms with van der Waals surface area (Å²) < 4.78 is 5.24. The minimum Gasteiger partial charge on any atom is -0.445 e. The number of nitrogens with one attached hydrogen (secondary N) is 1. The van der Waals surface area contributed by atoms with Crippen LogP contribution in [0.2, 0.25) is 0 Å². The van der Waals surface area contributed by atoms with E-state index < -0.39 is 0 Å². The fourth-order valence-corrected chi connectivity index (χ4v) is 1.75. The molecule has 0 radical (unpaired) electrons. The van der Waals surface area contributed by atoms with E-state index in [-0.39, 0.29) is 24.4 Å². The molecule has 0 aliphatic rings. The molecular formula is C14H18ClN3O2. The van der Waals surface area contributed by atoms with Crippen molar-refractivity contribution in [1.82, 2.24) is 4.98 Å². The Labute approximate surface area is 124 Å². The fraction of sp³-hybridized carbons (Fsp3) is 0.286. The molecule has 3 N–H and O–H groups in total. The quantitative estimate of drug-likeness (QED) is 0.909. The number of hydrogen-bond donors (Lipinski definition) is 2. The number of nitrogens with two attached hydrogens (primary N) is 1. The number of hydrogen-bond acceptors (Lipinski definition) is 4. The number of carbonyl (C=O) groups is 1. The number of oxazole rings is 1. The monoisotopic (exact) mass is 295 g/mol. The van der Waals surface area contributed by atoms with Gasteiger partial charge >= 0.3 is 0 Å². The van der Waals surface area contributed by atoms with E-state index in [1.807, 2.05) is 25.1 Å². The van der Waals surface area contributed by atoms with E-state index in [1.165, 1.54) is 6.26 Å². The van der Waals surface area contributed by atoms with Crippen LogP contribution in [-0.4, -0.2) is 16.9 Å². The molecule has 0 saturated carbocycles. The highest BCUT2D eigenvalue weighted by Gasteiger charge is 2.10. The number of aromatic nitrogens is 1. The van der Waals surface area contributed by atoms with Crippen molar-refractivity contribution in [3.8, 4) is 11.5 Å². The highest BCUT2D eigenvalue weighted by molar-refractivity contribution is 5.92. The predicted octanol–water partition coefficient (Wildman–Crippen LogP) is 2.75. The molecule has 0 saturated heterocycles. The summed E-state index contributed by atoms with van der Waals surface area (Å²) in [5.41, 5.74) is 8.16. The summed E-state index contributed by atoms with van der Waals surface area (Å²) in [5, 5.41) is 2.86. The number of amides is 1. The van der Waals surface area contributed by atoms with Gasteiger partial charge in [-0.3, -0.25) is 4.79 Å². The van der Waals surface area contributed by atoms with E-state index >= 15 is 0 Å². The van der Waals surface area contributed by atoms with E-state index in [0.29, 0.717) is 12.3 Å². The zero-order valence-electron chi connectivity index (χ0n) is 11.4. The second-order valence-electron chi connectivity index (χ2n) is 4.60. The van der Waals surface area contributed by atoms with E-state index in [1.54, 1.807) is 13.1 Å². The first kappa shape index (κ1) is 16.2. The van der Waals surface area contributed by atoms with Crippen LogP contribution in [0.4, 0.5) is 5.69 Å². The average molecular weight is 296 g/mol. The summed E-state index contributed by atoms with van der Waals surface area (Å²) in [6.07, 6.45) is 3.40. The second kappa shape index (κ2) is 7.07. The van der Waals surface area contributed by atoms with Crippen molar-refractivity contribution >= 4 is 24.0 Å². The minimum absolute atomic E-state index is 0. The van der Waals surface area contributed by atoms with Crippen molar-refractivity contribution in [2.45, 2.75) is 26.3 Å². The van der Waals surface area contributed by atoms with Crippen LogP contribution in [0.25, 0.3) is 11.5 Å². The van der Waals surface area contributed by atoms with Gasteiger partial charge in [0.2, 0.25) is 11.8 Å². The lowest BCUT2D eigenvalue weighted by Crippen LogP contribution is -2.24. The van der Waals surface area contributed by atoms with Gasteiger partial charge < -0.3 is 15.5 Å². The fourth-order valence-electron chi connectivity index (χ4n) is 1.75. The molecule has 1 unspecified atom stereocenters. The van der Waals surface area contributed by atoms with Crippen LogP contribution < -0.4 is 11.1 Å². The lowest BCUT2D eigenvalue weighted by molar-refractivity contribution is -0.116. The molecule has 2 aromatic rings. The first-order chi connectivity index (χ1) is 9.06. The van der Waals surface area contributed by atoms with Crippen LogP contribution in [0, 0.1) is 6.92 Å². The number of benzene rings is 1. The molecule has 5 nitrogen and oxygen atoms in total. The molecule has 0 aliphatic carbocycles. The van der Waals surface area contributed by atoms with Crippen molar-refractivity contribution in [3.63, 3.8) is 0 Å². The molecule has 2 rings (SSSR count). The Bertz CT molecular complexity index is 568. The summed E-state index contributed by atoms with van der Waals surface area (Å²) in [4.78, 5) is 15.8. The van der Waals surface area contributed by atoms with Crippen LogP contribution in [0.1, 0.15) is 18.9 Å². The predicted molar refractivity (Wildman–Crippen MR) is 80.8 cm³/mol. The number of anilines is 1. The van der Waals surface area contributed by atoms with Gasteiger partial charge in [0, 0.05) is 23.7 Å². The summed E-state index contributed by atoms with van der Waals surface area (Å²) in [5.74, 6) is 0.436. The van der Waals surface area contributed by atoms with Crippen LogP contribution >= 0.6 is 12.4 Å². The first-order valence-electron chi connectivity index (χ1n) is 6.12. The molecule has 0 bridgehead atoms. The summed E-state index contributed by atoms with van der Waals surface area (Å²) in [6.45, 7) is 3.73. The van der Waals surface area contributed by atoms with Crippen LogP contribution in [0.3, 0.4) is 0 Å². The van der Waals surface area contributed by atoms with Crippen molar-refractivity contribution in [3.05, 3.63) is 36.2 Å². The Hall–Kier alpha value is -1.85. The molecular weight excluding hydrogens is 278 g/mol. The lowest BCUT2D eigenvalue weighted by Gasteiger charge is -2.10. The molecule has 0 aliphatic heterocycles. The highest BCUT2D eigenvalue weighted by Crippen LogP contribution is 2.24. The van der Waals surface area contributed by atoms with E-state index in [0.717, 1.165) is 16.8 Å². The average Bonchev–Trinajstić information content (AvgIpc) is 2.84. The molecule has 1 aromatic carbocycles. The highest BCUT2D eigenvalue weighted by atomic mass is 35.5. The topological polar surface area (TPSA) is 81.2 Å². The number of carbonyl (C=O) groups excluding carboxylic acids is 1. The molecule has 1 aromatic heterocycles. The van der Waals surface area contributed by atoms with Crippen LogP contribution in [-0.2, 0) is 4.79 Å². The molecule has 0 spiro atoms. The van der Waals surface area contributed by atoms with Crippen molar-refractivity contribution in [2.75, 3.05) is 5.32 Å². The zero-order chi connectivity index (χ0) is 13.8. The van der Waals surface area contributed by atoms with Crippen LogP contribution in [0.5, 0.6) is 0 Å². The molecule has 108 valence electrons. The number of halogens is 1. The van der Waals surface area contributed by atoms with Gasteiger partial charge in [-0.05, 0) is 31.5 Å². The van der Waals surface area contributed by atoms with Crippen molar-refractivity contribution in [2.24, 2.45) is 5.73 Å². The molecule has 1 heterocycles. The Balaban J connectivity index is 0.00000200. The molecule has 1 atom stereocenters. The van der Waals surface area contributed by atoms with Gasteiger partial charge in [0.1, 0.15) is 6.26 Å². The summed E-state index contributed by atoms with van der Waals surface area (Å²) in [7, 11) is 0.